The van der Waals surface area contributed by atoms with Crippen LogP contribution in [0.1, 0.15) is 11.6 Å². The van der Waals surface area contributed by atoms with Gasteiger partial charge in [0.1, 0.15) is 0 Å². The molecule has 0 aromatic heterocycles. The molecule has 17 heavy (non-hydrogen) atoms. The molecule has 2 rings (SSSR count). The molecule has 1 aromatic rings. The summed E-state index contributed by atoms with van der Waals surface area (Å²) >= 11 is 3.43. The SMILES string of the molecule is Cl.OC[C@H](c1ccc(Br)cc1)N1CCNCC1. The molecule has 0 saturated carbocycles. The largest absolute Gasteiger partial charge is 0.394 e. The van der Waals surface area contributed by atoms with E-state index in [1.54, 1.807) is 0 Å². The van der Waals surface area contributed by atoms with E-state index in [0.717, 1.165) is 30.7 Å². The number of hydrogen-bond acceptors (Lipinski definition) is 3. The minimum Gasteiger partial charge on any atom is -0.394 e. The van der Waals surface area contributed by atoms with Crippen LogP contribution in [-0.2, 0) is 0 Å². The van der Waals surface area contributed by atoms with E-state index in [0.29, 0.717) is 0 Å². The molecule has 0 aliphatic carbocycles. The average Bonchev–Trinajstić information content (AvgIpc) is 2.34. The first-order valence-electron chi connectivity index (χ1n) is 5.62. The number of benzene rings is 1. The van der Waals surface area contributed by atoms with Crippen LogP contribution in [0, 0.1) is 0 Å². The van der Waals surface area contributed by atoms with Gasteiger partial charge in [-0.25, -0.2) is 0 Å². The van der Waals surface area contributed by atoms with Gasteiger partial charge in [0.25, 0.3) is 0 Å². The number of aliphatic hydroxyl groups is 1. The zero-order valence-electron chi connectivity index (χ0n) is 9.60. The maximum atomic E-state index is 9.53. The molecule has 0 bridgehead atoms. The Hall–Kier alpha value is -0.130. The van der Waals surface area contributed by atoms with E-state index < -0.39 is 0 Å². The molecule has 0 radical (unpaired) electrons. The molecule has 1 aromatic carbocycles. The van der Waals surface area contributed by atoms with Crippen molar-refractivity contribution in [3.63, 3.8) is 0 Å². The number of aliphatic hydroxyl groups excluding tert-OH is 1. The molecule has 96 valence electrons. The van der Waals surface area contributed by atoms with Gasteiger partial charge < -0.3 is 10.4 Å². The van der Waals surface area contributed by atoms with Crippen molar-refractivity contribution in [3.8, 4) is 0 Å². The van der Waals surface area contributed by atoms with Crippen molar-refractivity contribution >= 4 is 28.3 Å². The highest BCUT2D eigenvalue weighted by atomic mass is 79.9. The van der Waals surface area contributed by atoms with Gasteiger partial charge in [-0.3, -0.25) is 4.90 Å². The summed E-state index contributed by atoms with van der Waals surface area (Å²) < 4.78 is 1.08. The van der Waals surface area contributed by atoms with Crippen LogP contribution in [0.4, 0.5) is 0 Å². The van der Waals surface area contributed by atoms with E-state index >= 15 is 0 Å². The third-order valence-corrected chi connectivity index (χ3v) is 3.55. The highest BCUT2D eigenvalue weighted by Gasteiger charge is 2.20. The standard InChI is InChI=1S/C12H17BrN2O.ClH/c13-11-3-1-10(2-4-11)12(9-16)15-7-5-14-6-8-15;/h1-4,12,14,16H,5-9H2;1H/t12-;/m1./s1. The smallest absolute Gasteiger partial charge is 0.0628 e. The number of nitrogens with one attached hydrogen (secondary N) is 1. The minimum atomic E-state index is 0. The Balaban J connectivity index is 0.00000144. The first kappa shape index (κ1) is 14.9. The Labute approximate surface area is 117 Å². The first-order chi connectivity index (χ1) is 7.81. The summed E-state index contributed by atoms with van der Waals surface area (Å²) in [6, 6.07) is 8.34. The second kappa shape index (κ2) is 7.34. The maximum absolute atomic E-state index is 9.53. The Kier molecular flexibility index (Phi) is 6.44. The summed E-state index contributed by atoms with van der Waals surface area (Å²) in [4.78, 5) is 2.33. The normalized spacial score (nSPS) is 18.5. The molecule has 2 N–H and O–H groups in total. The first-order valence-corrected chi connectivity index (χ1v) is 6.41. The summed E-state index contributed by atoms with van der Waals surface area (Å²) in [5.74, 6) is 0. The molecule has 1 heterocycles. The van der Waals surface area contributed by atoms with Crippen LogP contribution in [0.3, 0.4) is 0 Å². The topological polar surface area (TPSA) is 35.5 Å². The lowest BCUT2D eigenvalue weighted by atomic mass is 10.1. The quantitative estimate of drug-likeness (QED) is 0.891. The third-order valence-electron chi connectivity index (χ3n) is 3.02. The van der Waals surface area contributed by atoms with Gasteiger partial charge in [-0.15, -0.1) is 12.4 Å². The van der Waals surface area contributed by atoms with Crippen LogP contribution < -0.4 is 5.32 Å². The molecule has 3 nitrogen and oxygen atoms in total. The van der Waals surface area contributed by atoms with E-state index in [-0.39, 0.29) is 25.1 Å². The maximum Gasteiger partial charge on any atom is 0.0628 e. The Morgan fingerprint density at radius 2 is 1.82 bits per heavy atom. The van der Waals surface area contributed by atoms with Gasteiger partial charge in [0.05, 0.1) is 12.6 Å². The molecule has 1 atom stereocenters. The lowest BCUT2D eigenvalue weighted by molar-refractivity contribution is 0.111. The molecule has 1 fully saturated rings. The van der Waals surface area contributed by atoms with Crippen molar-refractivity contribution in [2.75, 3.05) is 32.8 Å². The van der Waals surface area contributed by atoms with Crippen LogP contribution in [0.25, 0.3) is 0 Å². The summed E-state index contributed by atoms with van der Waals surface area (Å²) in [5.41, 5.74) is 1.19. The highest BCUT2D eigenvalue weighted by Crippen LogP contribution is 2.22. The van der Waals surface area contributed by atoms with Crippen molar-refractivity contribution in [1.29, 1.82) is 0 Å². The van der Waals surface area contributed by atoms with E-state index in [4.69, 9.17) is 0 Å². The van der Waals surface area contributed by atoms with Crippen LogP contribution in [0.5, 0.6) is 0 Å². The summed E-state index contributed by atoms with van der Waals surface area (Å²) in [6.07, 6.45) is 0. The van der Waals surface area contributed by atoms with Gasteiger partial charge in [0.15, 0.2) is 0 Å². The lowest BCUT2D eigenvalue weighted by Crippen LogP contribution is -2.46. The highest BCUT2D eigenvalue weighted by molar-refractivity contribution is 9.10. The number of piperazine rings is 1. The molecular weight excluding hydrogens is 304 g/mol. The van der Waals surface area contributed by atoms with Gasteiger partial charge in [-0.05, 0) is 17.7 Å². The van der Waals surface area contributed by atoms with Gasteiger partial charge >= 0.3 is 0 Å². The van der Waals surface area contributed by atoms with Gasteiger partial charge in [0.2, 0.25) is 0 Å². The summed E-state index contributed by atoms with van der Waals surface area (Å²) in [5, 5.41) is 12.9. The second-order valence-electron chi connectivity index (χ2n) is 4.04. The monoisotopic (exact) mass is 320 g/mol. The van der Waals surface area contributed by atoms with Gasteiger partial charge in [-0.2, -0.15) is 0 Å². The van der Waals surface area contributed by atoms with Crippen molar-refractivity contribution in [2.24, 2.45) is 0 Å². The Bertz CT molecular complexity index is 328. The second-order valence-corrected chi connectivity index (χ2v) is 4.95. The molecule has 1 aliphatic rings. The molecule has 1 saturated heterocycles. The van der Waals surface area contributed by atoms with Crippen molar-refractivity contribution in [2.45, 2.75) is 6.04 Å². The van der Waals surface area contributed by atoms with E-state index in [1.807, 2.05) is 12.1 Å². The predicted molar refractivity (Wildman–Crippen MR) is 75.7 cm³/mol. The van der Waals surface area contributed by atoms with E-state index in [9.17, 15) is 5.11 Å². The summed E-state index contributed by atoms with van der Waals surface area (Å²) in [6.45, 7) is 4.20. The molecule has 5 heteroatoms. The van der Waals surface area contributed by atoms with E-state index in [2.05, 4.69) is 38.3 Å². The number of hydrogen-bond donors (Lipinski definition) is 2. The van der Waals surface area contributed by atoms with Crippen LogP contribution in [0.15, 0.2) is 28.7 Å². The lowest BCUT2D eigenvalue weighted by Gasteiger charge is -2.34. The van der Waals surface area contributed by atoms with Crippen molar-refractivity contribution in [1.82, 2.24) is 10.2 Å². The van der Waals surface area contributed by atoms with Crippen molar-refractivity contribution in [3.05, 3.63) is 34.3 Å². The molecule has 1 aliphatic heterocycles. The summed E-state index contributed by atoms with van der Waals surface area (Å²) in [7, 11) is 0. The van der Waals surface area contributed by atoms with Gasteiger partial charge in [-0.1, -0.05) is 28.1 Å². The third kappa shape index (κ3) is 3.93. The van der Waals surface area contributed by atoms with E-state index in [1.165, 1.54) is 5.56 Å². The molecule has 0 spiro atoms. The van der Waals surface area contributed by atoms with Crippen LogP contribution in [-0.4, -0.2) is 42.8 Å². The molecular formula is C12H18BrClN2O. The fourth-order valence-corrected chi connectivity index (χ4v) is 2.37. The number of rotatable bonds is 3. The van der Waals surface area contributed by atoms with Crippen LogP contribution in [0.2, 0.25) is 0 Å². The van der Waals surface area contributed by atoms with Crippen molar-refractivity contribution < 1.29 is 5.11 Å². The van der Waals surface area contributed by atoms with Gasteiger partial charge in [0, 0.05) is 30.7 Å². The zero-order valence-corrected chi connectivity index (χ0v) is 12.0. The molecule has 0 amide bonds. The van der Waals surface area contributed by atoms with Crippen LogP contribution >= 0.6 is 28.3 Å². The molecule has 0 unspecified atom stereocenters. The predicted octanol–water partition coefficient (Wildman–Crippen LogP) is 1.81. The Morgan fingerprint density at radius 3 is 2.35 bits per heavy atom. The fraction of sp³-hybridized carbons (Fsp3) is 0.500. The average molecular weight is 322 g/mol. The number of halogens is 2. The number of nitrogens with zero attached hydrogens (tertiary/aromatic N) is 1. The fourth-order valence-electron chi connectivity index (χ4n) is 2.11. The minimum absolute atomic E-state index is 0. The zero-order chi connectivity index (χ0) is 11.4. The Morgan fingerprint density at radius 1 is 1.24 bits per heavy atom.